The summed E-state index contributed by atoms with van der Waals surface area (Å²) in [5.74, 6) is -0.711. The fourth-order valence-corrected chi connectivity index (χ4v) is 2.11. The predicted molar refractivity (Wildman–Crippen MR) is 61.3 cm³/mol. The zero-order chi connectivity index (χ0) is 13.0. The summed E-state index contributed by atoms with van der Waals surface area (Å²) >= 11 is 0. The van der Waals surface area contributed by atoms with Crippen molar-refractivity contribution >= 4 is 17.7 Å². The van der Waals surface area contributed by atoms with E-state index in [1.54, 1.807) is 7.05 Å². The Balaban J connectivity index is 2.61. The normalized spacial score (nSPS) is 21.8. The van der Waals surface area contributed by atoms with Gasteiger partial charge in [0.15, 0.2) is 11.9 Å². The van der Waals surface area contributed by atoms with E-state index in [2.05, 4.69) is 0 Å². The molecule has 0 saturated heterocycles. The number of carbonyl (C=O) groups excluding carboxylic acids is 3. The number of hydrogen-bond donors (Lipinski definition) is 0. The molecule has 5 heteroatoms. The number of ether oxygens (including phenoxy) is 1. The Bertz CT molecular complexity index is 326. The second kappa shape index (κ2) is 5.80. The molecule has 1 aliphatic carbocycles. The van der Waals surface area contributed by atoms with Crippen molar-refractivity contribution in [2.24, 2.45) is 0 Å². The van der Waals surface area contributed by atoms with E-state index in [4.69, 9.17) is 4.74 Å². The van der Waals surface area contributed by atoms with Gasteiger partial charge in [-0.25, -0.2) is 0 Å². The lowest BCUT2D eigenvalue weighted by Crippen LogP contribution is -2.48. The van der Waals surface area contributed by atoms with E-state index >= 15 is 0 Å². The number of esters is 1. The zero-order valence-electron chi connectivity index (χ0n) is 10.6. The molecule has 0 aromatic rings. The van der Waals surface area contributed by atoms with Gasteiger partial charge in [-0.1, -0.05) is 6.42 Å². The summed E-state index contributed by atoms with van der Waals surface area (Å²) in [7, 11) is 1.59. The molecule has 1 saturated carbocycles. The van der Waals surface area contributed by atoms with E-state index in [1.807, 2.05) is 0 Å². The molecular formula is C12H19NO4. The van der Waals surface area contributed by atoms with Gasteiger partial charge in [-0.05, 0) is 19.8 Å². The Hall–Kier alpha value is -1.39. The first-order valence-corrected chi connectivity index (χ1v) is 5.90. The second-order valence-corrected chi connectivity index (χ2v) is 4.43. The van der Waals surface area contributed by atoms with E-state index in [0.717, 1.165) is 12.8 Å². The third-order valence-corrected chi connectivity index (χ3v) is 3.03. The Labute approximate surface area is 101 Å². The molecule has 0 radical (unpaired) electrons. The first-order valence-electron chi connectivity index (χ1n) is 5.90. The fourth-order valence-electron chi connectivity index (χ4n) is 2.11. The standard InChI is InChI=1S/C12H19NO4/c1-8(17-9(2)14)12(16)13(3)10-6-4-5-7-11(10)15/h8,10H,4-7H2,1-3H3. The van der Waals surface area contributed by atoms with Gasteiger partial charge in [-0.3, -0.25) is 14.4 Å². The van der Waals surface area contributed by atoms with Gasteiger partial charge in [0, 0.05) is 20.4 Å². The largest absolute Gasteiger partial charge is 0.453 e. The van der Waals surface area contributed by atoms with Crippen molar-refractivity contribution in [1.82, 2.24) is 4.90 Å². The third kappa shape index (κ3) is 3.54. The van der Waals surface area contributed by atoms with Crippen LogP contribution in [0.5, 0.6) is 0 Å². The van der Waals surface area contributed by atoms with Crippen LogP contribution in [0.2, 0.25) is 0 Å². The van der Waals surface area contributed by atoms with Crippen LogP contribution in [0.1, 0.15) is 39.5 Å². The average Bonchev–Trinajstić information content (AvgIpc) is 2.27. The van der Waals surface area contributed by atoms with Gasteiger partial charge in [0.2, 0.25) is 0 Å². The number of carbonyl (C=O) groups is 3. The highest BCUT2D eigenvalue weighted by molar-refractivity contribution is 5.91. The number of ketones is 1. The molecule has 0 N–H and O–H groups in total. The van der Waals surface area contributed by atoms with Crippen molar-refractivity contribution in [3.8, 4) is 0 Å². The molecule has 2 atom stereocenters. The highest BCUT2D eigenvalue weighted by Crippen LogP contribution is 2.19. The number of amides is 1. The smallest absolute Gasteiger partial charge is 0.303 e. The van der Waals surface area contributed by atoms with Crippen LogP contribution in [-0.4, -0.2) is 41.8 Å². The van der Waals surface area contributed by atoms with E-state index in [-0.39, 0.29) is 17.7 Å². The maximum absolute atomic E-state index is 11.9. The molecule has 1 aliphatic rings. The Morgan fingerprint density at radius 1 is 1.41 bits per heavy atom. The van der Waals surface area contributed by atoms with Gasteiger partial charge in [-0.15, -0.1) is 0 Å². The van der Waals surface area contributed by atoms with Gasteiger partial charge in [0.05, 0.1) is 6.04 Å². The molecule has 0 aliphatic heterocycles. The van der Waals surface area contributed by atoms with Crippen LogP contribution in [0.4, 0.5) is 0 Å². The van der Waals surface area contributed by atoms with Crippen LogP contribution in [0.15, 0.2) is 0 Å². The van der Waals surface area contributed by atoms with Crippen molar-refractivity contribution in [3.05, 3.63) is 0 Å². The van der Waals surface area contributed by atoms with Crippen molar-refractivity contribution in [1.29, 1.82) is 0 Å². The van der Waals surface area contributed by atoms with Crippen molar-refractivity contribution < 1.29 is 19.1 Å². The molecule has 2 unspecified atom stereocenters. The summed E-state index contributed by atoms with van der Waals surface area (Å²) < 4.78 is 4.82. The van der Waals surface area contributed by atoms with Crippen LogP contribution in [0.25, 0.3) is 0 Å². The van der Waals surface area contributed by atoms with Crippen LogP contribution in [-0.2, 0) is 19.1 Å². The molecule has 1 fully saturated rings. The first kappa shape index (κ1) is 13.7. The molecule has 0 aromatic heterocycles. The van der Waals surface area contributed by atoms with Crippen molar-refractivity contribution in [2.75, 3.05) is 7.05 Å². The topological polar surface area (TPSA) is 63.7 Å². The van der Waals surface area contributed by atoms with Crippen LogP contribution >= 0.6 is 0 Å². The van der Waals surface area contributed by atoms with E-state index in [9.17, 15) is 14.4 Å². The van der Waals surface area contributed by atoms with Gasteiger partial charge in [0.25, 0.3) is 5.91 Å². The number of rotatable bonds is 3. The lowest BCUT2D eigenvalue weighted by molar-refractivity contribution is -0.158. The van der Waals surface area contributed by atoms with E-state index in [1.165, 1.54) is 18.7 Å². The quantitative estimate of drug-likeness (QED) is 0.689. The molecular weight excluding hydrogens is 222 g/mol. The second-order valence-electron chi connectivity index (χ2n) is 4.43. The number of likely N-dealkylation sites (N-methyl/N-ethyl adjacent to an activating group) is 1. The summed E-state index contributed by atoms with van der Waals surface area (Å²) in [4.78, 5) is 35.8. The van der Waals surface area contributed by atoms with Gasteiger partial charge < -0.3 is 9.64 Å². The SMILES string of the molecule is CC(=O)OC(C)C(=O)N(C)C1CCCCC1=O. The number of hydrogen-bond acceptors (Lipinski definition) is 4. The minimum Gasteiger partial charge on any atom is -0.453 e. The molecule has 0 spiro atoms. The Morgan fingerprint density at radius 3 is 2.59 bits per heavy atom. The minimum atomic E-state index is -0.827. The van der Waals surface area contributed by atoms with Crippen LogP contribution in [0, 0.1) is 0 Å². The lowest BCUT2D eigenvalue weighted by atomic mass is 9.93. The minimum absolute atomic E-state index is 0.0992. The summed E-state index contributed by atoms with van der Waals surface area (Å²) in [5.41, 5.74) is 0. The average molecular weight is 241 g/mol. The number of Topliss-reactive ketones (excluding diaryl/α,β-unsaturated/α-hetero) is 1. The summed E-state index contributed by atoms with van der Waals surface area (Å²) in [6.45, 7) is 2.78. The highest BCUT2D eigenvalue weighted by atomic mass is 16.5. The van der Waals surface area contributed by atoms with Crippen molar-refractivity contribution in [2.45, 2.75) is 51.7 Å². The fraction of sp³-hybridized carbons (Fsp3) is 0.750. The summed E-state index contributed by atoms with van der Waals surface area (Å²) in [6, 6.07) is -0.353. The van der Waals surface area contributed by atoms with Gasteiger partial charge >= 0.3 is 5.97 Å². The summed E-state index contributed by atoms with van der Waals surface area (Å²) in [5, 5.41) is 0. The molecule has 0 heterocycles. The molecule has 5 nitrogen and oxygen atoms in total. The van der Waals surface area contributed by atoms with E-state index in [0.29, 0.717) is 12.8 Å². The van der Waals surface area contributed by atoms with Crippen molar-refractivity contribution in [3.63, 3.8) is 0 Å². The molecule has 0 bridgehead atoms. The highest BCUT2D eigenvalue weighted by Gasteiger charge is 2.31. The Morgan fingerprint density at radius 2 is 2.06 bits per heavy atom. The molecule has 0 aromatic carbocycles. The molecule has 96 valence electrons. The summed E-state index contributed by atoms with van der Waals surface area (Å²) in [6.07, 6.45) is 2.26. The van der Waals surface area contributed by atoms with E-state index < -0.39 is 12.1 Å². The third-order valence-electron chi connectivity index (χ3n) is 3.03. The first-order chi connectivity index (χ1) is 7.93. The molecule has 17 heavy (non-hydrogen) atoms. The van der Waals surface area contributed by atoms with Crippen LogP contribution in [0.3, 0.4) is 0 Å². The van der Waals surface area contributed by atoms with Gasteiger partial charge in [-0.2, -0.15) is 0 Å². The Kier molecular flexibility index (Phi) is 4.66. The zero-order valence-corrected chi connectivity index (χ0v) is 10.6. The predicted octanol–water partition coefficient (Wildman–Crippen LogP) is 0.908. The monoisotopic (exact) mass is 241 g/mol. The molecule has 1 rings (SSSR count). The van der Waals surface area contributed by atoms with Gasteiger partial charge in [0.1, 0.15) is 0 Å². The maximum Gasteiger partial charge on any atom is 0.303 e. The van der Waals surface area contributed by atoms with Crippen LogP contribution < -0.4 is 0 Å². The molecule has 1 amide bonds. The maximum atomic E-state index is 11.9. The number of nitrogens with zero attached hydrogens (tertiary/aromatic N) is 1. The lowest BCUT2D eigenvalue weighted by Gasteiger charge is -2.31.